The van der Waals surface area contributed by atoms with Gasteiger partial charge in [-0.1, -0.05) is 0 Å². The molecule has 0 aromatic heterocycles. The van der Waals surface area contributed by atoms with Gasteiger partial charge >= 0.3 is 0 Å². The number of fused-ring (bicyclic) bond motifs is 1. The summed E-state index contributed by atoms with van der Waals surface area (Å²) >= 11 is 0. The van der Waals surface area contributed by atoms with Gasteiger partial charge in [0.2, 0.25) is 0 Å². The first-order valence-corrected chi connectivity index (χ1v) is 6.40. The molecule has 0 aromatic carbocycles. The molecule has 2 aliphatic rings. The van der Waals surface area contributed by atoms with Crippen molar-refractivity contribution in [3.63, 3.8) is 0 Å². The van der Waals surface area contributed by atoms with Crippen LogP contribution in [0.15, 0.2) is 0 Å². The van der Waals surface area contributed by atoms with E-state index in [1.807, 2.05) is 0 Å². The number of aliphatic hydroxyl groups is 2. The Hall–Kier alpha value is -0.120. The quantitative estimate of drug-likeness (QED) is 0.681. The fourth-order valence-corrected chi connectivity index (χ4v) is 3.84. The standard InChI is InChI=1S/C12H24NO2/c14-9-8-13-6-2-1-5-12(13)11(10-15)4-3-7-13/h11-12,14-15H,1-10H2/q+1/t11-,12+,13-/m0/s1. The zero-order valence-electron chi connectivity index (χ0n) is 9.57. The van der Waals surface area contributed by atoms with Crippen molar-refractivity contribution in [3.05, 3.63) is 0 Å². The maximum atomic E-state index is 9.44. The van der Waals surface area contributed by atoms with Gasteiger partial charge in [-0.25, -0.2) is 0 Å². The number of aliphatic hydroxyl groups excluding tert-OH is 2. The SMILES string of the molecule is OCC[N@@+]12CCCC[C@@H]1[C@H](CO)CCC2. The Kier molecular flexibility index (Phi) is 3.65. The van der Waals surface area contributed by atoms with E-state index in [2.05, 4.69) is 0 Å². The maximum absolute atomic E-state index is 9.44. The van der Waals surface area contributed by atoms with Gasteiger partial charge in [0.05, 0.1) is 32.3 Å². The Morgan fingerprint density at radius 1 is 1.00 bits per heavy atom. The predicted octanol–water partition coefficient (Wildman–Crippen LogP) is 0.750. The first-order valence-electron chi connectivity index (χ1n) is 6.40. The normalized spacial score (nSPS) is 41.2. The molecule has 2 aliphatic heterocycles. The largest absolute Gasteiger partial charge is 0.396 e. The third-order valence-electron chi connectivity index (χ3n) is 4.56. The van der Waals surface area contributed by atoms with E-state index in [9.17, 15) is 10.2 Å². The molecule has 2 fully saturated rings. The summed E-state index contributed by atoms with van der Waals surface area (Å²) < 4.78 is 1.10. The third-order valence-corrected chi connectivity index (χ3v) is 4.56. The summed E-state index contributed by atoms with van der Waals surface area (Å²) in [6, 6.07) is 0.629. The third kappa shape index (κ3) is 2.05. The van der Waals surface area contributed by atoms with Gasteiger partial charge in [-0.3, -0.25) is 0 Å². The van der Waals surface area contributed by atoms with Crippen molar-refractivity contribution in [1.29, 1.82) is 0 Å². The molecule has 0 bridgehead atoms. The monoisotopic (exact) mass is 214 g/mol. The second-order valence-corrected chi connectivity index (χ2v) is 5.26. The summed E-state index contributed by atoms with van der Waals surface area (Å²) in [5.74, 6) is 0.491. The summed E-state index contributed by atoms with van der Waals surface area (Å²) in [7, 11) is 0. The fraction of sp³-hybridized carbons (Fsp3) is 1.00. The zero-order valence-corrected chi connectivity index (χ0v) is 9.57. The summed E-state index contributed by atoms with van der Waals surface area (Å²) in [6.07, 6.45) is 6.28. The van der Waals surface area contributed by atoms with Crippen molar-refractivity contribution in [3.8, 4) is 0 Å². The van der Waals surface area contributed by atoms with Crippen LogP contribution in [0.2, 0.25) is 0 Å². The number of piperidine rings is 2. The van der Waals surface area contributed by atoms with Crippen molar-refractivity contribution in [2.24, 2.45) is 5.92 Å². The van der Waals surface area contributed by atoms with E-state index >= 15 is 0 Å². The van der Waals surface area contributed by atoms with Gasteiger partial charge in [-0.15, -0.1) is 0 Å². The van der Waals surface area contributed by atoms with Gasteiger partial charge < -0.3 is 14.7 Å². The molecule has 0 saturated carbocycles. The van der Waals surface area contributed by atoms with Crippen LogP contribution in [-0.4, -0.2) is 53.6 Å². The molecule has 0 unspecified atom stereocenters. The molecule has 2 N–H and O–H groups in total. The van der Waals surface area contributed by atoms with Crippen LogP contribution < -0.4 is 0 Å². The van der Waals surface area contributed by atoms with E-state index in [-0.39, 0.29) is 0 Å². The Balaban J connectivity index is 2.13. The molecule has 0 spiro atoms. The second-order valence-electron chi connectivity index (χ2n) is 5.26. The number of rotatable bonds is 3. The van der Waals surface area contributed by atoms with Crippen molar-refractivity contribution in [2.75, 3.05) is 32.8 Å². The summed E-state index contributed by atoms with van der Waals surface area (Å²) in [5, 5.41) is 18.7. The van der Waals surface area contributed by atoms with Crippen LogP contribution >= 0.6 is 0 Å². The Morgan fingerprint density at radius 2 is 1.80 bits per heavy atom. The molecule has 3 heteroatoms. The molecule has 0 amide bonds. The second kappa shape index (κ2) is 4.81. The van der Waals surface area contributed by atoms with Crippen molar-refractivity contribution in [2.45, 2.75) is 38.1 Å². The number of quaternary nitrogens is 1. The summed E-state index contributed by atoms with van der Waals surface area (Å²) in [4.78, 5) is 0. The molecule has 2 saturated heterocycles. The molecular formula is C12H24NO2+. The van der Waals surface area contributed by atoms with Crippen molar-refractivity contribution >= 4 is 0 Å². The highest BCUT2D eigenvalue weighted by Gasteiger charge is 2.45. The lowest BCUT2D eigenvalue weighted by atomic mass is 9.81. The van der Waals surface area contributed by atoms with Crippen molar-refractivity contribution in [1.82, 2.24) is 0 Å². The molecule has 88 valence electrons. The van der Waals surface area contributed by atoms with Crippen LogP contribution in [0.4, 0.5) is 0 Å². The minimum Gasteiger partial charge on any atom is -0.396 e. The molecule has 0 aromatic rings. The van der Waals surface area contributed by atoms with E-state index < -0.39 is 0 Å². The highest BCUT2D eigenvalue weighted by atomic mass is 16.3. The minimum atomic E-state index is 0.300. The van der Waals surface area contributed by atoms with Gasteiger partial charge in [0.1, 0.15) is 6.54 Å². The average molecular weight is 214 g/mol. The molecule has 2 heterocycles. The van der Waals surface area contributed by atoms with Gasteiger partial charge in [-0.05, 0) is 25.7 Å². The summed E-state index contributed by atoms with van der Waals surface area (Å²) in [5.41, 5.74) is 0. The number of nitrogens with zero attached hydrogens (tertiary/aromatic N) is 1. The highest BCUT2D eigenvalue weighted by molar-refractivity contribution is 4.79. The van der Waals surface area contributed by atoms with Crippen LogP contribution in [0, 0.1) is 5.92 Å². The van der Waals surface area contributed by atoms with Gasteiger partial charge in [0.15, 0.2) is 0 Å². The van der Waals surface area contributed by atoms with Crippen LogP contribution in [0.25, 0.3) is 0 Å². The first-order chi connectivity index (χ1) is 7.32. The predicted molar refractivity (Wildman–Crippen MR) is 59.4 cm³/mol. The highest BCUT2D eigenvalue weighted by Crippen LogP contribution is 2.36. The Labute approximate surface area is 92.3 Å². The molecule has 2 rings (SSSR count). The lowest BCUT2D eigenvalue weighted by molar-refractivity contribution is -0.964. The lowest BCUT2D eigenvalue weighted by Crippen LogP contribution is -2.64. The summed E-state index contributed by atoms with van der Waals surface area (Å²) in [6.45, 7) is 4.00. The number of hydrogen-bond acceptors (Lipinski definition) is 2. The topological polar surface area (TPSA) is 40.5 Å². The minimum absolute atomic E-state index is 0.300. The van der Waals surface area contributed by atoms with E-state index in [1.54, 1.807) is 0 Å². The lowest BCUT2D eigenvalue weighted by Gasteiger charge is -2.53. The van der Waals surface area contributed by atoms with Gasteiger partial charge in [0.25, 0.3) is 0 Å². The average Bonchev–Trinajstić information content (AvgIpc) is 2.28. The van der Waals surface area contributed by atoms with Gasteiger partial charge in [0, 0.05) is 12.3 Å². The molecule has 0 radical (unpaired) electrons. The van der Waals surface area contributed by atoms with Crippen LogP contribution in [-0.2, 0) is 0 Å². The van der Waals surface area contributed by atoms with E-state index in [1.165, 1.54) is 45.2 Å². The van der Waals surface area contributed by atoms with E-state index in [0.29, 0.717) is 25.2 Å². The smallest absolute Gasteiger partial charge is 0.102 e. The van der Waals surface area contributed by atoms with E-state index in [4.69, 9.17) is 0 Å². The van der Waals surface area contributed by atoms with Gasteiger partial charge in [-0.2, -0.15) is 0 Å². The maximum Gasteiger partial charge on any atom is 0.102 e. The van der Waals surface area contributed by atoms with Crippen LogP contribution in [0.5, 0.6) is 0 Å². The Bertz CT molecular complexity index is 200. The van der Waals surface area contributed by atoms with E-state index in [0.717, 1.165) is 11.0 Å². The Morgan fingerprint density at radius 3 is 2.53 bits per heavy atom. The molecular weight excluding hydrogens is 190 g/mol. The molecule has 3 atom stereocenters. The molecule has 15 heavy (non-hydrogen) atoms. The number of hydrogen-bond donors (Lipinski definition) is 2. The molecule has 0 aliphatic carbocycles. The van der Waals surface area contributed by atoms with Crippen molar-refractivity contribution < 1.29 is 14.7 Å². The van der Waals surface area contributed by atoms with Crippen LogP contribution in [0.1, 0.15) is 32.1 Å². The van der Waals surface area contributed by atoms with Crippen LogP contribution in [0.3, 0.4) is 0 Å². The first kappa shape index (κ1) is 11.4. The zero-order chi connectivity index (χ0) is 10.7. The molecule has 3 nitrogen and oxygen atoms in total. The fourth-order valence-electron chi connectivity index (χ4n) is 3.84.